The zero-order valence-corrected chi connectivity index (χ0v) is 13.3. The predicted octanol–water partition coefficient (Wildman–Crippen LogP) is 0.837. The molecule has 0 amide bonds. The van der Waals surface area contributed by atoms with Crippen molar-refractivity contribution >= 4 is 21.6 Å². The number of thioether (sulfide) groups is 1. The number of likely N-dealkylation sites (N-methyl/N-ethyl adjacent to an activating group) is 2. The Morgan fingerprint density at radius 1 is 1.50 bits per heavy atom. The molecule has 0 bridgehead atoms. The molecule has 1 fully saturated rings. The minimum absolute atomic E-state index is 0.260. The summed E-state index contributed by atoms with van der Waals surface area (Å²) >= 11 is 1.99. The van der Waals surface area contributed by atoms with Crippen LogP contribution in [0.5, 0.6) is 0 Å². The van der Waals surface area contributed by atoms with Gasteiger partial charge in [0.25, 0.3) is 0 Å². The van der Waals surface area contributed by atoms with E-state index < -0.39 is 9.84 Å². The number of hydrogen-bond donors (Lipinski definition) is 1. The summed E-state index contributed by atoms with van der Waals surface area (Å²) < 4.78 is 22.9. The van der Waals surface area contributed by atoms with Gasteiger partial charge in [-0.2, -0.15) is 11.8 Å². The summed E-state index contributed by atoms with van der Waals surface area (Å²) in [5, 5.41) is 3.36. The van der Waals surface area contributed by atoms with Gasteiger partial charge in [0.05, 0.1) is 5.75 Å². The van der Waals surface area contributed by atoms with Crippen LogP contribution in [0.15, 0.2) is 0 Å². The van der Waals surface area contributed by atoms with Crippen LogP contribution in [0.4, 0.5) is 0 Å². The average Bonchev–Trinajstić information content (AvgIpc) is 2.36. The topological polar surface area (TPSA) is 49.4 Å². The van der Waals surface area contributed by atoms with E-state index in [0.29, 0.717) is 17.8 Å². The highest BCUT2D eigenvalue weighted by Gasteiger charge is 2.26. The van der Waals surface area contributed by atoms with E-state index >= 15 is 0 Å². The number of hydrogen-bond acceptors (Lipinski definition) is 5. The number of sulfone groups is 1. The Labute approximate surface area is 116 Å². The third-order valence-corrected chi connectivity index (χ3v) is 6.53. The van der Waals surface area contributed by atoms with E-state index in [2.05, 4.69) is 17.3 Å². The van der Waals surface area contributed by atoms with Gasteiger partial charge < -0.3 is 10.2 Å². The largest absolute Gasteiger partial charge is 0.315 e. The monoisotopic (exact) mass is 294 g/mol. The van der Waals surface area contributed by atoms with E-state index in [1.54, 1.807) is 6.92 Å². The Balaban J connectivity index is 2.42. The standard InChI is InChI=1S/C12H26N2O2S2/c1-4-18(15,16)9-5-6-11(13-2)12-10-17-8-7-14(12)3/h11-13H,4-10H2,1-3H3. The molecule has 18 heavy (non-hydrogen) atoms. The van der Waals surface area contributed by atoms with Crippen molar-refractivity contribution in [2.24, 2.45) is 0 Å². The van der Waals surface area contributed by atoms with Crippen LogP contribution in [-0.2, 0) is 9.84 Å². The Bertz CT molecular complexity index is 333. The highest BCUT2D eigenvalue weighted by Crippen LogP contribution is 2.19. The summed E-state index contributed by atoms with van der Waals surface area (Å²) in [6.45, 7) is 2.84. The van der Waals surface area contributed by atoms with Crippen LogP contribution >= 0.6 is 11.8 Å². The quantitative estimate of drug-likeness (QED) is 0.754. The van der Waals surface area contributed by atoms with Gasteiger partial charge in [-0.15, -0.1) is 0 Å². The summed E-state index contributed by atoms with van der Waals surface area (Å²) in [7, 11) is 1.33. The Hall–Kier alpha value is 0.220. The first-order chi connectivity index (χ1) is 8.50. The lowest BCUT2D eigenvalue weighted by molar-refractivity contribution is 0.213. The summed E-state index contributed by atoms with van der Waals surface area (Å²) in [6, 6.07) is 0.924. The number of nitrogens with zero attached hydrogens (tertiary/aromatic N) is 1. The molecule has 0 aliphatic carbocycles. The molecule has 108 valence electrons. The zero-order chi connectivity index (χ0) is 13.6. The molecule has 2 unspecified atom stereocenters. The molecule has 1 N–H and O–H groups in total. The van der Waals surface area contributed by atoms with E-state index in [1.165, 1.54) is 5.75 Å². The molecule has 4 nitrogen and oxygen atoms in total. The first-order valence-electron chi connectivity index (χ1n) is 6.66. The second-order valence-electron chi connectivity index (χ2n) is 4.90. The van der Waals surface area contributed by atoms with E-state index in [9.17, 15) is 8.42 Å². The third kappa shape index (κ3) is 5.07. The summed E-state index contributed by atoms with van der Waals surface area (Å²) in [5.41, 5.74) is 0. The molecule has 1 saturated heterocycles. The minimum atomic E-state index is -2.81. The molecule has 1 aliphatic heterocycles. The van der Waals surface area contributed by atoms with Crippen molar-refractivity contribution in [3.05, 3.63) is 0 Å². The van der Waals surface area contributed by atoms with Gasteiger partial charge in [-0.25, -0.2) is 8.42 Å². The fourth-order valence-corrected chi connectivity index (χ4v) is 4.53. The van der Waals surface area contributed by atoms with Crippen LogP contribution in [0.25, 0.3) is 0 Å². The molecule has 0 aromatic carbocycles. The summed E-state index contributed by atoms with van der Waals surface area (Å²) in [6.07, 6.45) is 1.70. The molecule has 0 spiro atoms. The van der Waals surface area contributed by atoms with Gasteiger partial charge in [-0.1, -0.05) is 6.92 Å². The van der Waals surface area contributed by atoms with Crippen LogP contribution in [0.1, 0.15) is 19.8 Å². The van der Waals surface area contributed by atoms with Gasteiger partial charge in [-0.05, 0) is 26.9 Å². The molecule has 0 aromatic rings. The second kappa shape index (κ2) is 7.72. The van der Waals surface area contributed by atoms with Crippen LogP contribution in [-0.4, -0.2) is 69.1 Å². The maximum atomic E-state index is 11.5. The first kappa shape index (κ1) is 16.3. The maximum Gasteiger partial charge on any atom is 0.150 e. The van der Waals surface area contributed by atoms with E-state index in [-0.39, 0.29) is 5.75 Å². The molecule has 1 aliphatic rings. The van der Waals surface area contributed by atoms with Gasteiger partial charge in [0.15, 0.2) is 0 Å². The highest BCUT2D eigenvalue weighted by atomic mass is 32.2. The van der Waals surface area contributed by atoms with E-state index in [1.807, 2.05) is 18.8 Å². The normalized spacial score (nSPS) is 24.1. The van der Waals surface area contributed by atoms with Crippen molar-refractivity contribution < 1.29 is 8.42 Å². The van der Waals surface area contributed by atoms with Gasteiger partial charge >= 0.3 is 0 Å². The highest BCUT2D eigenvalue weighted by molar-refractivity contribution is 7.99. The molecule has 0 saturated carbocycles. The van der Waals surface area contributed by atoms with Crippen molar-refractivity contribution in [1.82, 2.24) is 10.2 Å². The van der Waals surface area contributed by atoms with Gasteiger partial charge in [0.2, 0.25) is 0 Å². The van der Waals surface area contributed by atoms with Crippen molar-refractivity contribution in [2.45, 2.75) is 31.8 Å². The lowest BCUT2D eigenvalue weighted by Gasteiger charge is -2.37. The Kier molecular flexibility index (Phi) is 6.98. The first-order valence-corrected chi connectivity index (χ1v) is 9.63. The van der Waals surface area contributed by atoms with Crippen LogP contribution < -0.4 is 5.32 Å². The van der Waals surface area contributed by atoms with Crippen LogP contribution in [0, 0.1) is 0 Å². The molecule has 2 atom stereocenters. The van der Waals surface area contributed by atoms with Crippen LogP contribution in [0.3, 0.4) is 0 Å². The average molecular weight is 294 g/mol. The van der Waals surface area contributed by atoms with Gasteiger partial charge in [0, 0.05) is 35.9 Å². The van der Waals surface area contributed by atoms with E-state index in [0.717, 1.165) is 25.1 Å². The molecular formula is C12H26N2O2S2. The van der Waals surface area contributed by atoms with Gasteiger partial charge in [-0.3, -0.25) is 0 Å². The lowest BCUT2D eigenvalue weighted by Crippen LogP contribution is -2.51. The Morgan fingerprint density at radius 2 is 2.22 bits per heavy atom. The third-order valence-electron chi connectivity index (χ3n) is 3.69. The molecule has 0 radical (unpaired) electrons. The summed E-state index contributed by atoms with van der Waals surface area (Å²) in [4.78, 5) is 2.39. The van der Waals surface area contributed by atoms with Crippen molar-refractivity contribution in [3.63, 3.8) is 0 Å². The second-order valence-corrected chi connectivity index (χ2v) is 8.52. The molecule has 1 heterocycles. The molecule has 6 heteroatoms. The molecule has 0 aromatic heterocycles. The fraction of sp³-hybridized carbons (Fsp3) is 1.00. The van der Waals surface area contributed by atoms with Gasteiger partial charge in [0.1, 0.15) is 9.84 Å². The zero-order valence-electron chi connectivity index (χ0n) is 11.7. The maximum absolute atomic E-state index is 11.5. The number of nitrogens with one attached hydrogen (secondary N) is 1. The van der Waals surface area contributed by atoms with E-state index in [4.69, 9.17) is 0 Å². The van der Waals surface area contributed by atoms with Crippen molar-refractivity contribution in [2.75, 3.05) is 43.7 Å². The Morgan fingerprint density at radius 3 is 2.78 bits per heavy atom. The summed E-state index contributed by atoms with van der Waals surface area (Å²) in [5.74, 6) is 2.93. The van der Waals surface area contributed by atoms with Crippen LogP contribution in [0.2, 0.25) is 0 Å². The molecule has 1 rings (SSSR count). The number of rotatable bonds is 7. The fourth-order valence-electron chi connectivity index (χ4n) is 2.33. The van der Waals surface area contributed by atoms with Crippen molar-refractivity contribution in [1.29, 1.82) is 0 Å². The smallest absolute Gasteiger partial charge is 0.150 e. The minimum Gasteiger partial charge on any atom is -0.315 e. The lowest BCUT2D eigenvalue weighted by atomic mass is 10.0. The predicted molar refractivity (Wildman–Crippen MR) is 80.2 cm³/mol. The SMILES string of the molecule is CCS(=O)(=O)CCCC(NC)C1CSCCN1C. The van der Waals surface area contributed by atoms with Crippen molar-refractivity contribution in [3.8, 4) is 0 Å². The molecular weight excluding hydrogens is 268 g/mol.